The number of ketones is 1. The van der Waals surface area contributed by atoms with Crippen LogP contribution in [0.5, 0.6) is 0 Å². The molecule has 1 aliphatic rings. The van der Waals surface area contributed by atoms with E-state index in [0.717, 1.165) is 25.7 Å². The van der Waals surface area contributed by atoms with Crippen LogP contribution in [0.4, 0.5) is 0 Å². The molecule has 0 bridgehead atoms. The largest absolute Gasteiger partial charge is 0.393 e. The van der Waals surface area contributed by atoms with Gasteiger partial charge in [-0.05, 0) is 25.7 Å². The molecule has 0 heterocycles. The fourth-order valence-electron chi connectivity index (χ4n) is 1.69. The lowest BCUT2D eigenvalue weighted by Gasteiger charge is -2.23. The molecule has 0 aliphatic heterocycles. The van der Waals surface area contributed by atoms with E-state index in [1.165, 1.54) is 0 Å². The van der Waals surface area contributed by atoms with E-state index in [1.807, 2.05) is 6.92 Å². The van der Waals surface area contributed by atoms with Crippen LogP contribution >= 0.6 is 0 Å². The van der Waals surface area contributed by atoms with Crippen LogP contribution in [0.15, 0.2) is 0 Å². The molecule has 1 N–H and O–H groups in total. The second-order valence-electron chi connectivity index (χ2n) is 3.33. The molecule has 0 radical (unpaired) electrons. The van der Waals surface area contributed by atoms with Crippen LogP contribution in [0.25, 0.3) is 0 Å². The Kier molecular flexibility index (Phi) is 3.06. The van der Waals surface area contributed by atoms with Crippen molar-refractivity contribution in [1.29, 1.82) is 0 Å². The number of Topliss-reactive ketones (excluding diaryl/α,β-unsaturated/α-hetero) is 1. The topological polar surface area (TPSA) is 37.3 Å². The van der Waals surface area contributed by atoms with Gasteiger partial charge in [0, 0.05) is 12.3 Å². The van der Waals surface area contributed by atoms with E-state index in [4.69, 9.17) is 0 Å². The molecule has 1 saturated carbocycles. The monoisotopic (exact) mass is 156 g/mol. The maximum Gasteiger partial charge on any atom is 0.135 e. The quantitative estimate of drug-likeness (QED) is 0.658. The zero-order valence-corrected chi connectivity index (χ0v) is 7.05. The highest BCUT2D eigenvalue weighted by Gasteiger charge is 2.23. The summed E-state index contributed by atoms with van der Waals surface area (Å²) >= 11 is 0. The smallest absolute Gasteiger partial charge is 0.135 e. The van der Waals surface area contributed by atoms with E-state index in [9.17, 15) is 9.90 Å². The van der Waals surface area contributed by atoms with Crippen molar-refractivity contribution < 1.29 is 9.90 Å². The first kappa shape index (κ1) is 8.72. The van der Waals surface area contributed by atoms with Crippen molar-refractivity contribution >= 4 is 5.78 Å². The Balaban J connectivity index is 2.33. The minimum atomic E-state index is -0.143. The predicted octanol–water partition coefficient (Wildman–Crippen LogP) is 1.52. The highest BCUT2D eigenvalue weighted by atomic mass is 16.3. The molecule has 11 heavy (non-hydrogen) atoms. The Hall–Kier alpha value is -0.370. The lowest BCUT2D eigenvalue weighted by Crippen LogP contribution is -2.23. The van der Waals surface area contributed by atoms with Gasteiger partial charge in [-0.2, -0.15) is 0 Å². The van der Waals surface area contributed by atoms with Gasteiger partial charge in [0.15, 0.2) is 0 Å². The minimum Gasteiger partial charge on any atom is -0.393 e. The van der Waals surface area contributed by atoms with E-state index in [1.54, 1.807) is 0 Å². The molecule has 0 saturated heterocycles. The average Bonchev–Trinajstić information content (AvgIpc) is 2.05. The summed E-state index contributed by atoms with van der Waals surface area (Å²) in [7, 11) is 0. The van der Waals surface area contributed by atoms with Crippen molar-refractivity contribution in [3.8, 4) is 0 Å². The molecular weight excluding hydrogens is 140 g/mol. The molecule has 2 nitrogen and oxygen atoms in total. The first-order chi connectivity index (χ1) is 5.24. The standard InChI is InChI=1S/C9H16O2/c1-2-9(11)7-3-5-8(10)6-4-7/h7-8,10H,2-6H2,1H3/t7-,8-. The van der Waals surface area contributed by atoms with Crippen LogP contribution in [0, 0.1) is 5.92 Å². The summed E-state index contributed by atoms with van der Waals surface area (Å²) < 4.78 is 0. The van der Waals surface area contributed by atoms with E-state index in [2.05, 4.69) is 0 Å². The number of carbonyl (C=O) groups is 1. The molecule has 0 spiro atoms. The molecule has 0 aromatic rings. The summed E-state index contributed by atoms with van der Waals surface area (Å²) in [5, 5.41) is 9.17. The van der Waals surface area contributed by atoms with Crippen molar-refractivity contribution in [3.05, 3.63) is 0 Å². The van der Waals surface area contributed by atoms with Crippen LogP contribution in [-0.4, -0.2) is 17.0 Å². The zero-order valence-electron chi connectivity index (χ0n) is 7.05. The molecule has 1 aliphatic carbocycles. The van der Waals surface area contributed by atoms with Gasteiger partial charge >= 0.3 is 0 Å². The van der Waals surface area contributed by atoms with Gasteiger partial charge in [0.25, 0.3) is 0 Å². The Morgan fingerprint density at radius 2 is 1.91 bits per heavy atom. The fraction of sp³-hybridized carbons (Fsp3) is 0.889. The molecule has 1 rings (SSSR count). The summed E-state index contributed by atoms with van der Waals surface area (Å²) in [6.07, 6.45) is 3.94. The molecule has 0 aromatic carbocycles. The molecule has 1 fully saturated rings. The van der Waals surface area contributed by atoms with Gasteiger partial charge < -0.3 is 5.11 Å². The summed E-state index contributed by atoms with van der Waals surface area (Å²) in [6.45, 7) is 1.91. The normalized spacial score (nSPS) is 31.8. The average molecular weight is 156 g/mol. The van der Waals surface area contributed by atoms with Gasteiger partial charge in [0.1, 0.15) is 5.78 Å². The van der Waals surface area contributed by atoms with Crippen molar-refractivity contribution in [2.45, 2.75) is 45.1 Å². The second kappa shape index (κ2) is 3.86. The molecule has 0 atom stereocenters. The van der Waals surface area contributed by atoms with Gasteiger partial charge in [-0.1, -0.05) is 6.92 Å². The summed E-state index contributed by atoms with van der Waals surface area (Å²) in [4.78, 5) is 11.2. The van der Waals surface area contributed by atoms with E-state index < -0.39 is 0 Å². The fourth-order valence-corrected chi connectivity index (χ4v) is 1.69. The Bertz CT molecular complexity index is 134. The molecule has 0 aromatic heterocycles. The maximum atomic E-state index is 11.2. The van der Waals surface area contributed by atoms with Gasteiger partial charge in [0.2, 0.25) is 0 Å². The second-order valence-corrected chi connectivity index (χ2v) is 3.33. The maximum absolute atomic E-state index is 11.2. The van der Waals surface area contributed by atoms with Crippen molar-refractivity contribution in [2.75, 3.05) is 0 Å². The molecule has 64 valence electrons. The van der Waals surface area contributed by atoms with Gasteiger partial charge in [0.05, 0.1) is 6.10 Å². The third-order valence-corrected chi connectivity index (χ3v) is 2.50. The van der Waals surface area contributed by atoms with Crippen LogP contribution in [0.3, 0.4) is 0 Å². The predicted molar refractivity (Wildman–Crippen MR) is 43.3 cm³/mol. The lowest BCUT2D eigenvalue weighted by molar-refractivity contribution is -0.124. The Morgan fingerprint density at radius 3 is 2.36 bits per heavy atom. The summed E-state index contributed by atoms with van der Waals surface area (Å²) in [5.41, 5.74) is 0. The third-order valence-electron chi connectivity index (χ3n) is 2.50. The van der Waals surface area contributed by atoms with Crippen LogP contribution < -0.4 is 0 Å². The molecule has 2 heteroatoms. The number of aliphatic hydroxyl groups is 1. The van der Waals surface area contributed by atoms with Gasteiger partial charge in [-0.3, -0.25) is 4.79 Å². The number of aliphatic hydroxyl groups excluding tert-OH is 1. The first-order valence-electron chi connectivity index (χ1n) is 4.44. The molecule has 0 amide bonds. The first-order valence-corrected chi connectivity index (χ1v) is 4.44. The van der Waals surface area contributed by atoms with Gasteiger partial charge in [-0.25, -0.2) is 0 Å². The lowest BCUT2D eigenvalue weighted by atomic mass is 9.84. The molecular formula is C9H16O2. The van der Waals surface area contributed by atoms with Crippen LogP contribution in [-0.2, 0) is 4.79 Å². The molecule has 0 unspecified atom stereocenters. The highest BCUT2D eigenvalue weighted by molar-refractivity contribution is 5.80. The van der Waals surface area contributed by atoms with Gasteiger partial charge in [-0.15, -0.1) is 0 Å². The van der Waals surface area contributed by atoms with Crippen molar-refractivity contribution in [1.82, 2.24) is 0 Å². The van der Waals surface area contributed by atoms with E-state index in [-0.39, 0.29) is 12.0 Å². The summed E-state index contributed by atoms with van der Waals surface area (Å²) in [6, 6.07) is 0. The number of hydrogen-bond donors (Lipinski definition) is 1. The van der Waals surface area contributed by atoms with E-state index in [0.29, 0.717) is 12.2 Å². The Morgan fingerprint density at radius 1 is 1.36 bits per heavy atom. The van der Waals surface area contributed by atoms with Crippen LogP contribution in [0.1, 0.15) is 39.0 Å². The zero-order chi connectivity index (χ0) is 8.27. The SMILES string of the molecule is CCC(=O)[C@H]1CC[C@H](O)CC1. The third kappa shape index (κ3) is 2.29. The van der Waals surface area contributed by atoms with Crippen molar-refractivity contribution in [2.24, 2.45) is 5.92 Å². The number of carbonyl (C=O) groups excluding carboxylic acids is 1. The minimum absolute atomic E-state index is 0.143. The van der Waals surface area contributed by atoms with Crippen LogP contribution in [0.2, 0.25) is 0 Å². The highest BCUT2D eigenvalue weighted by Crippen LogP contribution is 2.25. The van der Waals surface area contributed by atoms with E-state index >= 15 is 0 Å². The number of hydrogen-bond acceptors (Lipinski definition) is 2. The number of rotatable bonds is 2. The Labute approximate surface area is 67.6 Å². The van der Waals surface area contributed by atoms with Crippen molar-refractivity contribution in [3.63, 3.8) is 0 Å². The summed E-state index contributed by atoms with van der Waals surface area (Å²) in [5.74, 6) is 0.625.